The summed E-state index contributed by atoms with van der Waals surface area (Å²) in [6, 6.07) is 4.24. The molecule has 1 aromatic heterocycles. The van der Waals surface area contributed by atoms with Crippen molar-refractivity contribution in [2.75, 3.05) is 13.1 Å². The van der Waals surface area contributed by atoms with Gasteiger partial charge in [-0.1, -0.05) is 38.3 Å². The van der Waals surface area contributed by atoms with E-state index < -0.39 is 0 Å². The molecule has 1 heterocycles. The predicted molar refractivity (Wildman–Crippen MR) is 90.9 cm³/mol. The number of nitrogens with one attached hydrogen (secondary N) is 1. The Kier molecular flexibility index (Phi) is 6.38. The predicted octanol–water partition coefficient (Wildman–Crippen LogP) is 5.53. The van der Waals surface area contributed by atoms with Crippen molar-refractivity contribution in [3.8, 4) is 0 Å². The molecule has 1 nitrogen and oxygen atoms in total. The standard InChI is InChI=1S/C17H28ClNS/c1-14(2)13-19-12-11-17(8-3-4-9-17)10-7-15-5-6-16(18)20-15/h5-6,14,19H,3-4,7-13H2,1-2H3. The van der Waals surface area contributed by atoms with Crippen molar-refractivity contribution in [3.63, 3.8) is 0 Å². The maximum atomic E-state index is 6.03. The Balaban J connectivity index is 1.79. The molecule has 0 bridgehead atoms. The van der Waals surface area contributed by atoms with E-state index in [1.165, 1.54) is 56.4 Å². The van der Waals surface area contributed by atoms with Crippen LogP contribution in [0.25, 0.3) is 0 Å². The van der Waals surface area contributed by atoms with Gasteiger partial charge < -0.3 is 5.32 Å². The molecule has 0 spiro atoms. The van der Waals surface area contributed by atoms with Crippen LogP contribution in [0.15, 0.2) is 12.1 Å². The van der Waals surface area contributed by atoms with Gasteiger partial charge in [0.15, 0.2) is 0 Å². The van der Waals surface area contributed by atoms with Crippen molar-refractivity contribution in [1.82, 2.24) is 5.32 Å². The Bertz CT molecular complexity index is 393. The van der Waals surface area contributed by atoms with Crippen LogP contribution in [0.5, 0.6) is 0 Å². The third-order valence-electron chi connectivity index (χ3n) is 4.58. The SMILES string of the molecule is CC(C)CNCCC1(CCc2ccc(Cl)s2)CCCC1. The molecule has 1 aromatic rings. The van der Waals surface area contributed by atoms with Gasteiger partial charge in [0.1, 0.15) is 0 Å². The zero-order valence-electron chi connectivity index (χ0n) is 12.9. The van der Waals surface area contributed by atoms with E-state index in [2.05, 4.69) is 25.2 Å². The van der Waals surface area contributed by atoms with Gasteiger partial charge in [-0.25, -0.2) is 0 Å². The van der Waals surface area contributed by atoms with E-state index in [4.69, 9.17) is 11.6 Å². The van der Waals surface area contributed by atoms with Crippen molar-refractivity contribution in [3.05, 3.63) is 21.3 Å². The highest BCUT2D eigenvalue weighted by Crippen LogP contribution is 2.45. The van der Waals surface area contributed by atoms with E-state index in [0.29, 0.717) is 5.41 Å². The maximum Gasteiger partial charge on any atom is 0.0931 e. The van der Waals surface area contributed by atoms with Gasteiger partial charge in [0.2, 0.25) is 0 Å². The summed E-state index contributed by atoms with van der Waals surface area (Å²) in [5.74, 6) is 0.753. The van der Waals surface area contributed by atoms with Crippen molar-refractivity contribution in [1.29, 1.82) is 0 Å². The maximum absolute atomic E-state index is 6.03. The monoisotopic (exact) mass is 313 g/mol. The van der Waals surface area contributed by atoms with Gasteiger partial charge in [-0.05, 0) is 68.7 Å². The molecule has 3 heteroatoms. The van der Waals surface area contributed by atoms with Gasteiger partial charge in [0.25, 0.3) is 0 Å². The Morgan fingerprint density at radius 2 is 2.00 bits per heavy atom. The van der Waals surface area contributed by atoms with Crippen molar-refractivity contribution >= 4 is 22.9 Å². The third kappa shape index (κ3) is 5.05. The highest BCUT2D eigenvalue weighted by molar-refractivity contribution is 7.16. The van der Waals surface area contributed by atoms with E-state index in [9.17, 15) is 0 Å². The molecule has 0 aliphatic heterocycles. The summed E-state index contributed by atoms with van der Waals surface area (Å²) in [6.07, 6.45) is 9.60. The van der Waals surface area contributed by atoms with Crippen LogP contribution in [0.3, 0.4) is 0 Å². The normalized spacial score (nSPS) is 18.0. The quantitative estimate of drug-likeness (QED) is 0.622. The summed E-state index contributed by atoms with van der Waals surface area (Å²) >= 11 is 7.78. The van der Waals surface area contributed by atoms with Gasteiger partial charge in [-0.3, -0.25) is 0 Å². The Hall–Kier alpha value is -0.0500. The lowest BCUT2D eigenvalue weighted by atomic mass is 9.78. The summed E-state index contributed by atoms with van der Waals surface area (Å²) in [4.78, 5) is 1.46. The van der Waals surface area contributed by atoms with E-state index in [0.717, 1.165) is 16.8 Å². The molecule has 1 fully saturated rings. The fourth-order valence-electron chi connectivity index (χ4n) is 3.37. The van der Waals surface area contributed by atoms with Crippen LogP contribution in [0.2, 0.25) is 4.34 Å². The van der Waals surface area contributed by atoms with Crippen LogP contribution in [-0.4, -0.2) is 13.1 Å². The molecule has 1 N–H and O–H groups in total. The first kappa shape index (κ1) is 16.3. The largest absolute Gasteiger partial charge is 0.316 e. The van der Waals surface area contributed by atoms with Gasteiger partial charge >= 0.3 is 0 Å². The first-order valence-corrected chi connectivity index (χ1v) is 9.24. The highest BCUT2D eigenvalue weighted by Gasteiger charge is 2.32. The van der Waals surface area contributed by atoms with Gasteiger partial charge in [-0.2, -0.15) is 0 Å². The molecular weight excluding hydrogens is 286 g/mol. The fraction of sp³-hybridized carbons (Fsp3) is 0.765. The lowest BCUT2D eigenvalue weighted by molar-refractivity contribution is 0.244. The highest BCUT2D eigenvalue weighted by atomic mass is 35.5. The average Bonchev–Trinajstić information content (AvgIpc) is 3.02. The minimum absolute atomic E-state index is 0.598. The van der Waals surface area contributed by atoms with Crippen molar-refractivity contribution in [2.45, 2.75) is 58.8 Å². The molecule has 0 saturated heterocycles. The van der Waals surface area contributed by atoms with Crippen LogP contribution in [-0.2, 0) is 6.42 Å². The van der Waals surface area contributed by atoms with Crippen molar-refractivity contribution < 1.29 is 0 Å². The van der Waals surface area contributed by atoms with Gasteiger partial charge in [0.05, 0.1) is 4.34 Å². The Morgan fingerprint density at radius 3 is 2.60 bits per heavy atom. The molecule has 1 aliphatic carbocycles. The molecule has 1 aliphatic rings. The number of aryl methyl sites for hydroxylation is 1. The van der Waals surface area contributed by atoms with E-state index in [1.807, 2.05) is 6.07 Å². The van der Waals surface area contributed by atoms with E-state index >= 15 is 0 Å². The minimum atomic E-state index is 0.598. The summed E-state index contributed by atoms with van der Waals surface area (Å²) in [6.45, 7) is 6.89. The average molecular weight is 314 g/mol. The Labute approximate surface area is 133 Å². The molecule has 0 radical (unpaired) electrons. The van der Waals surface area contributed by atoms with Crippen molar-refractivity contribution in [2.24, 2.45) is 11.3 Å². The molecule has 20 heavy (non-hydrogen) atoms. The molecule has 0 unspecified atom stereocenters. The molecule has 0 amide bonds. The topological polar surface area (TPSA) is 12.0 Å². The first-order valence-electron chi connectivity index (χ1n) is 8.05. The second-order valence-electron chi connectivity index (χ2n) is 6.76. The van der Waals surface area contributed by atoms with E-state index in [-0.39, 0.29) is 0 Å². The summed E-state index contributed by atoms with van der Waals surface area (Å²) < 4.78 is 0.930. The molecule has 0 aromatic carbocycles. The van der Waals surface area contributed by atoms with Crippen LogP contribution in [0.4, 0.5) is 0 Å². The molecular formula is C17H28ClNS. The van der Waals surface area contributed by atoms with Gasteiger partial charge in [0, 0.05) is 4.88 Å². The fourth-order valence-corrected chi connectivity index (χ4v) is 4.46. The zero-order valence-corrected chi connectivity index (χ0v) is 14.5. The molecule has 2 rings (SSSR count). The summed E-state index contributed by atoms with van der Waals surface area (Å²) in [7, 11) is 0. The zero-order chi connectivity index (χ0) is 14.4. The lowest BCUT2D eigenvalue weighted by Crippen LogP contribution is -2.27. The smallest absolute Gasteiger partial charge is 0.0931 e. The Morgan fingerprint density at radius 1 is 1.25 bits per heavy atom. The third-order valence-corrected chi connectivity index (χ3v) is 5.87. The van der Waals surface area contributed by atoms with Crippen LogP contribution < -0.4 is 5.32 Å². The summed E-state index contributed by atoms with van der Waals surface area (Å²) in [5.41, 5.74) is 0.598. The van der Waals surface area contributed by atoms with E-state index in [1.54, 1.807) is 11.3 Å². The molecule has 0 atom stereocenters. The second kappa shape index (κ2) is 7.82. The number of hydrogen-bond acceptors (Lipinski definition) is 2. The lowest BCUT2D eigenvalue weighted by Gasteiger charge is -2.29. The molecule has 114 valence electrons. The van der Waals surface area contributed by atoms with Crippen LogP contribution in [0.1, 0.15) is 57.2 Å². The number of hydrogen-bond donors (Lipinski definition) is 1. The first-order chi connectivity index (χ1) is 9.60. The minimum Gasteiger partial charge on any atom is -0.316 e. The number of halogens is 1. The van der Waals surface area contributed by atoms with Crippen LogP contribution in [0, 0.1) is 11.3 Å². The second-order valence-corrected chi connectivity index (χ2v) is 8.56. The number of thiophene rings is 1. The van der Waals surface area contributed by atoms with Gasteiger partial charge in [-0.15, -0.1) is 11.3 Å². The summed E-state index contributed by atoms with van der Waals surface area (Å²) in [5, 5.41) is 3.62. The van der Waals surface area contributed by atoms with Crippen LogP contribution >= 0.6 is 22.9 Å². The number of rotatable bonds is 8. The molecule has 1 saturated carbocycles.